The van der Waals surface area contributed by atoms with Gasteiger partial charge < -0.3 is 15.1 Å². The maximum atomic E-state index is 12.4. The zero-order chi connectivity index (χ0) is 19.3. The minimum absolute atomic E-state index is 0.0707. The average Bonchev–Trinajstić information content (AvgIpc) is 3.12. The van der Waals surface area contributed by atoms with Gasteiger partial charge in [-0.3, -0.25) is 4.79 Å². The SMILES string of the molecule is Cc1cccc2sc(NC(=O)CCN3CCN(CC4CCCCC4)CC3)nc12. The first kappa shape index (κ1) is 19.8. The minimum atomic E-state index is 0.0707. The molecule has 2 heterocycles. The summed E-state index contributed by atoms with van der Waals surface area (Å²) in [6, 6.07) is 6.15. The van der Waals surface area contributed by atoms with Crippen molar-refractivity contribution in [3.8, 4) is 0 Å². The third-order valence-corrected chi connectivity index (χ3v) is 7.16. The molecule has 1 aromatic carbocycles. The zero-order valence-electron chi connectivity index (χ0n) is 17.0. The molecule has 2 aliphatic rings. The number of carbonyl (C=O) groups is 1. The van der Waals surface area contributed by atoms with E-state index in [0.717, 1.165) is 54.4 Å². The highest BCUT2D eigenvalue weighted by molar-refractivity contribution is 7.22. The van der Waals surface area contributed by atoms with Gasteiger partial charge >= 0.3 is 0 Å². The third kappa shape index (κ3) is 5.10. The van der Waals surface area contributed by atoms with Crippen LogP contribution in [0.2, 0.25) is 0 Å². The van der Waals surface area contributed by atoms with Gasteiger partial charge in [0.1, 0.15) is 0 Å². The number of aromatic nitrogens is 1. The summed E-state index contributed by atoms with van der Waals surface area (Å²) in [7, 11) is 0. The molecule has 0 radical (unpaired) electrons. The van der Waals surface area contributed by atoms with Crippen LogP contribution < -0.4 is 5.32 Å². The van der Waals surface area contributed by atoms with Crippen LogP contribution in [-0.4, -0.2) is 60.0 Å². The molecule has 1 aliphatic heterocycles. The lowest BCUT2D eigenvalue weighted by atomic mass is 9.89. The number of hydrogen-bond donors (Lipinski definition) is 1. The van der Waals surface area contributed by atoms with Gasteiger partial charge in [0.15, 0.2) is 5.13 Å². The van der Waals surface area contributed by atoms with Gasteiger partial charge in [-0.1, -0.05) is 42.7 Å². The van der Waals surface area contributed by atoms with E-state index in [0.29, 0.717) is 11.6 Å². The molecule has 1 amide bonds. The standard InChI is InChI=1S/C22H32N4OS/c1-17-6-5-9-19-21(17)24-22(28-19)23-20(27)10-11-25-12-14-26(15-13-25)16-18-7-3-2-4-8-18/h5-6,9,18H,2-4,7-8,10-16H2,1H3,(H,23,24,27). The predicted octanol–water partition coefficient (Wildman–Crippen LogP) is 4.13. The van der Waals surface area contributed by atoms with Crippen molar-refractivity contribution in [2.45, 2.75) is 45.4 Å². The first-order valence-electron chi connectivity index (χ1n) is 10.8. The number of fused-ring (bicyclic) bond motifs is 1. The number of benzene rings is 1. The molecule has 1 N–H and O–H groups in total. The van der Waals surface area contributed by atoms with Gasteiger partial charge in [-0.25, -0.2) is 4.98 Å². The number of hydrogen-bond acceptors (Lipinski definition) is 5. The lowest BCUT2D eigenvalue weighted by molar-refractivity contribution is -0.116. The number of thiazole rings is 1. The molecule has 28 heavy (non-hydrogen) atoms. The third-order valence-electron chi connectivity index (χ3n) is 6.23. The smallest absolute Gasteiger partial charge is 0.227 e. The summed E-state index contributed by atoms with van der Waals surface area (Å²) in [4.78, 5) is 22.0. The van der Waals surface area contributed by atoms with E-state index in [1.165, 1.54) is 38.6 Å². The average molecular weight is 401 g/mol. The molecule has 2 aromatic rings. The van der Waals surface area contributed by atoms with E-state index in [1.807, 2.05) is 6.07 Å². The molecule has 1 saturated heterocycles. The Balaban J connectivity index is 1.18. The second-order valence-corrected chi connectivity index (χ2v) is 9.42. The molecule has 0 spiro atoms. The van der Waals surface area contributed by atoms with Crippen LogP contribution in [0.1, 0.15) is 44.1 Å². The number of para-hydroxylation sites is 1. The van der Waals surface area contributed by atoms with Gasteiger partial charge in [-0.05, 0) is 37.3 Å². The highest BCUT2D eigenvalue weighted by Crippen LogP contribution is 2.28. The van der Waals surface area contributed by atoms with Gasteiger partial charge in [0, 0.05) is 45.7 Å². The minimum Gasteiger partial charge on any atom is -0.302 e. The Kier molecular flexibility index (Phi) is 6.60. The van der Waals surface area contributed by atoms with Crippen LogP contribution in [0.4, 0.5) is 5.13 Å². The quantitative estimate of drug-likeness (QED) is 0.792. The highest BCUT2D eigenvalue weighted by Gasteiger charge is 2.21. The Morgan fingerprint density at radius 3 is 2.64 bits per heavy atom. The fraction of sp³-hybridized carbons (Fsp3) is 0.636. The molecule has 4 rings (SSSR count). The van der Waals surface area contributed by atoms with Gasteiger partial charge in [0.25, 0.3) is 0 Å². The van der Waals surface area contributed by atoms with E-state index < -0.39 is 0 Å². The molecule has 1 aliphatic carbocycles. The van der Waals surface area contributed by atoms with Crippen molar-refractivity contribution in [2.75, 3.05) is 44.6 Å². The largest absolute Gasteiger partial charge is 0.302 e. The summed E-state index contributed by atoms with van der Waals surface area (Å²) in [6.07, 6.45) is 7.67. The van der Waals surface area contributed by atoms with Crippen LogP contribution in [0.5, 0.6) is 0 Å². The number of amides is 1. The molecule has 0 atom stereocenters. The number of anilines is 1. The maximum Gasteiger partial charge on any atom is 0.227 e. The van der Waals surface area contributed by atoms with E-state index >= 15 is 0 Å². The van der Waals surface area contributed by atoms with Crippen molar-refractivity contribution in [3.63, 3.8) is 0 Å². The van der Waals surface area contributed by atoms with Crippen LogP contribution in [0, 0.1) is 12.8 Å². The van der Waals surface area contributed by atoms with Crippen molar-refractivity contribution in [3.05, 3.63) is 23.8 Å². The van der Waals surface area contributed by atoms with Crippen molar-refractivity contribution in [2.24, 2.45) is 5.92 Å². The van der Waals surface area contributed by atoms with E-state index in [4.69, 9.17) is 0 Å². The van der Waals surface area contributed by atoms with Crippen LogP contribution in [0.3, 0.4) is 0 Å². The Morgan fingerprint density at radius 2 is 1.89 bits per heavy atom. The summed E-state index contributed by atoms with van der Waals surface area (Å²) < 4.78 is 1.13. The highest BCUT2D eigenvalue weighted by atomic mass is 32.1. The zero-order valence-corrected chi connectivity index (χ0v) is 17.8. The number of piperazine rings is 1. The van der Waals surface area contributed by atoms with Gasteiger partial charge in [-0.2, -0.15) is 0 Å². The molecule has 152 valence electrons. The number of aryl methyl sites for hydroxylation is 1. The van der Waals surface area contributed by atoms with Crippen LogP contribution >= 0.6 is 11.3 Å². The Labute approximate surface area is 172 Å². The lowest BCUT2D eigenvalue weighted by Crippen LogP contribution is -2.48. The fourth-order valence-corrected chi connectivity index (χ4v) is 5.47. The molecular formula is C22H32N4OS. The molecule has 1 aromatic heterocycles. The van der Waals surface area contributed by atoms with Gasteiger partial charge in [0.2, 0.25) is 5.91 Å². The second-order valence-electron chi connectivity index (χ2n) is 8.39. The van der Waals surface area contributed by atoms with Crippen LogP contribution in [0.15, 0.2) is 18.2 Å². The molecule has 2 fully saturated rings. The maximum absolute atomic E-state index is 12.4. The van der Waals surface area contributed by atoms with Crippen LogP contribution in [-0.2, 0) is 4.79 Å². The molecule has 6 heteroatoms. The number of carbonyl (C=O) groups excluding carboxylic acids is 1. The van der Waals surface area contributed by atoms with Gasteiger partial charge in [-0.15, -0.1) is 0 Å². The van der Waals surface area contributed by atoms with E-state index in [2.05, 4.69) is 39.2 Å². The number of rotatable bonds is 6. The molecular weight excluding hydrogens is 368 g/mol. The normalized spacial score (nSPS) is 19.9. The molecule has 5 nitrogen and oxygen atoms in total. The molecule has 0 bridgehead atoms. The first-order chi connectivity index (χ1) is 13.7. The van der Waals surface area contributed by atoms with Crippen LogP contribution in [0.25, 0.3) is 10.2 Å². The molecule has 0 unspecified atom stereocenters. The number of nitrogens with zero attached hydrogens (tertiary/aromatic N) is 3. The van der Waals surface area contributed by atoms with Crippen molar-refractivity contribution in [1.29, 1.82) is 0 Å². The van der Waals surface area contributed by atoms with Crippen molar-refractivity contribution < 1.29 is 4.79 Å². The van der Waals surface area contributed by atoms with E-state index in [1.54, 1.807) is 11.3 Å². The summed E-state index contributed by atoms with van der Waals surface area (Å²) in [6.45, 7) is 8.64. The lowest BCUT2D eigenvalue weighted by Gasteiger charge is -2.37. The monoisotopic (exact) mass is 400 g/mol. The summed E-state index contributed by atoms with van der Waals surface area (Å²) >= 11 is 1.55. The van der Waals surface area contributed by atoms with E-state index in [-0.39, 0.29) is 5.91 Å². The molecule has 1 saturated carbocycles. The Bertz CT molecular complexity index is 791. The summed E-state index contributed by atoms with van der Waals surface area (Å²) in [5.41, 5.74) is 2.15. The summed E-state index contributed by atoms with van der Waals surface area (Å²) in [5.74, 6) is 0.991. The predicted molar refractivity (Wildman–Crippen MR) is 117 cm³/mol. The first-order valence-corrected chi connectivity index (χ1v) is 11.6. The van der Waals surface area contributed by atoms with Crippen molar-refractivity contribution >= 4 is 32.6 Å². The number of nitrogens with one attached hydrogen (secondary N) is 1. The topological polar surface area (TPSA) is 48.5 Å². The van der Waals surface area contributed by atoms with Crippen molar-refractivity contribution in [1.82, 2.24) is 14.8 Å². The Morgan fingerprint density at radius 1 is 1.14 bits per heavy atom. The van der Waals surface area contributed by atoms with Gasteiger partial charge in [0.05, 0.1) is 10.2 Å². The Hall–Kier alpha value is -1.50. The van der Waals surface area contributed by atoms with E-state index in [9.17, 15) is 4.79 Å². The summed E-state index contributed by atoms with van der Waals surface area (Å²) in [5, 5.41) is 3.71. The fourth-order valence-electron chi connectivity index (χ4n) is 4.51. The second kappa shape index (κ2) is 9.33.